The van der Waals surface area contributed by atoms with Gasteiger partial charge in [0.05, 0.1) is 5.41 Å². The second-order valence-corrected chi connectivity index (χ2v) is 6.68. The molecular weight excluding hydrogens is 312 g/mol. The van der Waals surface area contributed by atoms with Crippen molar-refractivity contribution < 1.29 is 4.79 Å². The minimum Gasteiger partial charge on any atom is -0.325 e. The van der Waals surface area contributed by atoms with Crippen molar-refractivity contribution >= 4 is 11.6 Å². The molecule has 0 saturated heterocycles. The summed E-state index contributed by atoms with van der Waals surface area (Å²) in [6.07, 6.45) is 1.78. The fourth-order valence-corrected chi connectivity index (χ4v) is 3.31. The number of hydrogen-bond donors (Lipinski definition) is 2. The molecule has 0 aliphatic heterocycles. The van der Waals surface area contributed by atoms with E-state index < -0.39 is 0 Å². The molecule has 1 saturated carbocycles. The van der Waals surface area contributed by atoms with Gasteiger partial charge in [0.15, 0.2) is 5.82 Å². The molecule has 0 atom stereocenters. The minimum atomic E-state index is -0.386. The number of anilines is 1. The van der Waals surface area contributed by atoms with Crippen LogP contribution in [0.25, 0.3) is 11.4 Å². The van der Waals surface area contributed by atoms with Crippen LogP contribution in [0.15, 0.2) is 48.5 Å². The number of benzene rings is 2. The molecule has 5 heteroatoms. The normalized spacial score (nSPS) is 15.0. The molecule has 0 radical (unpaired) electrons. The van der Waals surface area contributed by atoms with Crippen molar-refractivity contribution in [2.24, 2.45) is 0 Å². The van der Waals surface area contributed by atoms with E-state index in [4.69, 9.17) is 0 Å². The van der Waals surface area contributed by atoms with E-state index >= 15 is 0 Å². The van der Waals surface area contributed by atoms with Gasteiger partial charge in [0.1, 0.15) is 5.82 Å². The van der Waals surface area contributed by atoms with Crippen molar-refractivity contribution in [3.8, 4) is 11.4 Å². The molecule has 126 valence electrons. The number of carbonyl (C=O) groups is 1. The zero-order valence-electron chi connectivity index (χ0n) is 14.3. The third-order valence-electron chi connectivity index (χ3n) is 4.82. The van der Waals surface area contributed by atoms with Gasteiger partial charge in [0.2, 0.25) is 5.91 Å². The maximum atomic E-state index is 13.0. The van der Waals surface area contributed by atoms with Crippen LogP contribution < -0.4 is 5.32 Å². The molecule has 1 fully saturated rings. The van der Waals surface area contributed by atoms with Crippen LogP contribution in [0.2, 0.25) is 0 Å². The highest BCUT2D eigenvalue weighted by Gasteiger charge is 2.51. The molecule has 1 heterocycles. The molecule has 0 unspecified atom stereocenters. The smallest absolute Gasteiger partial charge is 0.235 e. The standard InChI is InChI=1S/C20H20N4O/c1-13-6-3-4-9-17(13)20(10-11-20)19(25)22-16-8-5-7-15(12-16)18-21-14(2)23-24-18/h3-9,12H,10-11H2,1-2H3,(H,22,25)(H,21,23,24). The molecular formula is C20H20N4O. The summed E-state index contributed by atoms with van der Waals surface area (Å²) in [5.41, 5.74) is 3.56. The summed E-state index contributed by atoms with van der Waals surface area (Å²) in [6, 6.07) is 15.8. The number of rotatable bonds is 4. The van der Waals surface area contributed by atoms with E-state index in [0.29, 0.717) is 5.82 Å². The van der Waals surface area contributed by atoms with Crippen molar-refractivity contribution in [3.05, 3.63) is 65.5 Å². The lowest BCUT2D eigenvalue weighted by atomic mass is 9.91. The molecule has 1 aliphatic rings. The third-order valence-corrected chi connectivity index (χ3v) is 4.82. The zero-order chi connectivity index (χ0) is 17.4. The average Bonchev–Trinajstić information content (AvgIpc) is 3.30. The number of hydrogen-bond acceptors (Lipinski definition) is 3. The van der Waals surface area contributed by atoms with Gasteiger partial charge in [0.25, 0.3) is 0 Å². The molecule has 3 aromatic rings. The first-order valence-electron chi connectivity index (χ1n) is 8.45. The Labute approximate surface area is 146 Å². The lowest BCUT2D eigenvalue weighted by Crippen LogP contribution is -2.28. The predicted molar refractivity (Wildman–Crippen MR) is 97.3 cm³/mol. The lowest BCUT2D eigenvalue weighted by Gasteiger charge is -2.18. The van der Waals surface area contributed by atoms with Crippen molar-refractivity contribution in [2.45, 2.75) is 32.1 Å². The zero-order valence-corrected chi connectivity index (χ0v) is 14.3. The van der Waals surface area contributed by atoms with Crippen LogP contribution in [-0.2, 0) is 10.2 Å². The van der Waals surface area contributed by atoms with Crippen molar-refractivity contribution in [2.75, 3.05) is 5.32 Å². The van der Waals surface area contributed by atoms with Gasteiger partial charge in [-0.05, 0) is 49.9 Å². The third kappa shape index (κ3) is 2.82. The van der Waals surface area contributed by atoms with Crippen LogP contribution in [0, 0.1) is 13.8 Å². The van der Waals surface area contributed by atoms with E-state index in [1.165, 1.54) is 5.56 Å². The van der Waals surface area contributed by atoms with E-state index in [9.17, 15) is 4.79 Å². The maximum absolute atomic E-state index is 13.0. The Morgan fingerprint density at radius 3 is 2.60 bits per heavy atom. The Morgan fingerprint density at radius 1 is 1.12 bits per heavy atom. The summed E-state index contributed by atoms with van der Waals surface area (Å²) in [5, 5.41) is 10.1. The molecule has 1 aliphatic carbocycles. The summed E-state index contributed by atoms with van der Waals surface area (Å²) in [4.78, 5) is 17.3. The molecule has 1 aromatic heterocycles. The van der Waals surface area contributed by atoms with Crippen molar-refractivity contribution in [1.82, 2.24) is 15.2 Å². The number of aryl methyl sites for hydroxylation is 2. The first-order valence-corrected chi connectivity index (χ1v) is 8.45. The molecule has 2 N–H and O–H groups in total. The number of amides is 1. The highest BCUT2D eigenvalue weighted by molar-refractivity contribution is 6.01. The van der Waals surface area contributed by atoms with Crippen LogP contribution >= 0.6 is 0 Å². The second kappa shape index (κ2) is 5.84. The SMILES string of the molecule is Cc1nc(-c2cccc(NC(=O)C3(c4ccccc4C)CC3)c2)n[nH]1. The molecule has 2 aromatic carbocycles. The number of H-pyrrole nitrogens is 1. The van der Waals surface area contributed by atoms with Crippen LogP contribution in [0.1, 0.15) is 29.8 Å². The van der Waals surface area contributed by atoms with Crippen LogP contribution in [-0.4, -0.2) is 21.1 Å². The monoisotopic (exact) mass is 332 g/mol. The first kappa shape index (κ1) is 15.6. The molecule has 1 amide bonds. The predicted octanol–water partition coefficient (Wildman–Crippen LogP) is 3.76. The highest BCUT2D eigenvalue weighted by Crippen LogP contribution is 2.50. The van der Waals surface area contributed by atoms with Gasteiger partial charge in [0, 0.05) is 11.3 Å². The largest absolute Gasteiger partial charge is 0.325 e. The highest BCUT2D eigenvalue weighted by atomic mass is 16.2. The van der Waals surface area contributed by atoms with Gasteiger partial charge in [-0.1, -0.05) is 36.4 Å². The summed E-state index contributed by atoms with van der Waals surface area (Å²) in [5.74, 6) is 1.46. The number of carbonyl (C=O) groups excluding carboxylic acids is 1. The summed E-state index contributed by atoms with van der Waals surface area (Å²) >= 11 is 0. The minimum absolute atomic E-state index is 0.0603. The van der Waals surface area contributed by atoms with Crippen LogP contribution in [0.3, 0.4) is 0 Å². The van der Waals surface area contributed by atoms with Gasteiger partial charge in [-0.15, -0.1) is 0 Å². The molecule has 25 heavy (non-hydrogen) atoms. The van der Waals surface area contributed by atoms with Crippen LogP contribution in [0.4, 0.5) is 5.69 Å². The van der Waals surface area contributed by atoms with Gasteiger partial charge < -0.3 is 5.32 Å². The summed E-state index contributed by atoms with van der Waals surface area (Å²) in [7, 11) is 0. The molecule has 4 rings (SSSR count). The Hall–Kier alpha value is -2.95. The fourth-order valence-electron chi connectivity index (χ4n) is 3.31. The maximum Gasteiger partial charge on any atom is 0.235 e. The van der Waals surface area contributed by atoms with Crippen LogP contribution in [0.5, 0.6) is 0 Å². The average molecular weight is 332 g/mol. The van der Waals surface area contributed by atoms with E-state index in [1.807, 2.05) is 43.3 Å². The van der Waals surface area contributed by atoms with Gasteiger partial charge >= 0.3 is 0 Å². The van der Waals surface area contributed by atoms with Gasteiger partial charge in [-0.2, -0.15) is 5.10 Å². The summed E-state index contributed by atoms with van der Waals surface area (Å²) < 4.78 is 0. The molecule has 0 bridgehead atoms. The van der Waals surface area contributed by atoms with Gasteiger partial charge in [-0.25, -0.2) is 4.98 Å². The van der Waals surface area contributed by atoms with E-state index in [1.54, 1.807) is 0 Å². The Morgan fingerprint density at radius 2 is 1.92 bits per heavy atom. The Bertz CT molecular complexity index is 940. The Kier molecular flexibility index (Phi) is 3.64. The van der Waals surface area contributed by atoms with Gasteiger partial charge in [-0.3, -0.25) is 9.89 Å². The Balaban J connectivity index is 1.59. The van der Waals surface area contributed by atoms with Crippen molar-refractivity contribution in [1.29, 1.82) is 0 Å². The van der Waals surface area contributed by atoms with E-state index in [-0.39, 0.29) is 11.3 Å². The number of aromatic nitrogens is 3. The number of aromatic amines is 1. The fraction of sp³-hybridized carbons (Fsp3) is 0.250. The number of nitrogens with one attached hydrogen (secondary N) is 2. The molecule has 5 nitrogen and oxygen atoms in total. The molecule has 0 spiro atoms. The van der Waals surface area contributed by atoms with Crippen molar-refractivity contribution in [3.63, 3.8) is 0 Å². The number of nitrogens with zero attached hydrogens (tertiary/aromatic N) is 2. The quantitative estimate of drug-likeness (QED) is 0.764. The second-order valence-electron chi connectivity index (χ2n) is 6.68. The van der Waals surface area contributed by atoms with E-state index in [2.05, 4.69) is 39.6 Å². The first-order chi connectivity index (χ1) is 12.1. The summed E-state index contributed by atoms with van der Waals surface area (Å²) in [6.45, 7) is 3.93. The lowest BCUT2D eigenvalue weighted by molar-refractivity contribution is -0.118. The topological polar surface area (TPSA) is 70.7 Å². The van der Waals surface area contributed by atoms with E-state index in [0.717, 1.165) is 35.5 Å².